The molecule has 0 radical (unpaired) electrons. The van der Waals surface area contributed by atoms with Gasteiger partial charge in [0.25, 0.3) is 11.8 Å². The van der Waals surface area contributed by atoms with Crippen LogP contribution in [-0.2, 0) is 16.1 Å². The number of carbonyl (C=O) groups is 2. The number of benzene rings is 1. The molecular formula is C28H30N8O3S. The normalized spacial score (nSPS) is 14.7. The minimum absolute atomic E-state index is 0.0617. The minimum atomic E-state index is -0.469. The van der Waals surface area contributed by atoms with Crippen molar-refractivity contribution in [3.8, 4) is 16.5 Å². The summed E-state index contributed by atoms with van der Waals surface area (Å²) in [5, 5.41) is 22.2. The Morgan fingerprint density at radius 3 is 2.77 bits per heavy atom. The highest BCUT2D eigenvalue weighted by Crippen LogP contribution is 2.28. The van der Waals surface area contributed by atoms with Crippen molar-refractivity contribution < 1.29 is 14.3 Å². The summed E-state index contributed by atoms with van der Waals surface area (Å²) in [5.74, 6) is -0.340. The molecule has 206 valence electrons. The predicted octanol–water partition coefficient (Wildman–Crippen LogP) is 3.42. The number of amides is 2. The van der Waals surface area contributed by atoms with Crippen LogP contribution in [0.4, 0.5) is 5.95 Å². The molecule has 3 N–H and O–H groups in total. The molecule has 12 heteroatoms. The number of hydrogen-bond acceptors (Lipinski definition) is 8. The summed E-state index contributed by atoms with van der Waals surface area (Å²) in [6, 6.07) is 13.2. The van der Waals surface area contributed by atoms with E-state index in [1.165, 1.54) is 11.3 Å². The third-order valence-electron chi connectivity index (χ3n) is 6.80. The zero-order valence-electron chi connectivity index (χ0n) is 22.3. The molecule has 0 spiro atoms. The fraction of sp³-hybridized carbons (Fsp3) is 0.321. The molecule has 0 unspecified atom stereocenters. The van der Waals surface area contributed by atoms with Crippen LogP contribution in [0.2, 0.25) is 0 Å². The summed E-state index contributed by atoms with van der Waals surface area (Å²) < 4.78 is 7.28. The lowest BCUT2D eigenvalue weighted by Crippen LogP contribution is -2.49. The average molecular weight is 559 g/mol. The Labute approximate surface area is 235 Å². The molecule has 3 aromatic heterocycles. The van der Waals surface area contributed by atoms with E-state index in [9.17, 15) is 14.9 Å². The van der Waals surface area contributed by atoms with E-state index in [1.807, 2.05) is 54.8 Å². The molecule has 1 fully saturated rings. The van der Waals surface area contributed by atoms with Crippen LogP contribution in [0, 0.1) is 11.3 Å². The highest BCUT2D eigenvalue weighted by Gasteiger charge is 2.28. The Bertz CT molecular complexity index is 1570. The predicted molar refractivity (Wildman–Crippen MR) is 153 cm³/mol. The van der Waals surface area contributed by atoms with Crippen molar-refractivity contribution in [2.24, 2.45) is 0 Å². The molecule has 0 atom stereocenters. The van der Waals surface area contributed by atoms with Gasteiger partial charge < -0.3 is 14.6 Å². The van der Waals surface area contributed by atoms with Crippen LogP contribution in [0.3, 0.4) is 0 Å². The van der Waals surface area contributed by atoms with Gasteiger partial charge in [0.1, 0.15) is 11.6 Å². The summed E-state index contributed by atoms with van der Waals surface area (Å²) in [4.78, 5) is 34.3. The van der Waals surface area contributed by atoms with E-state index in [0.717, 1.165) is 34.6 Å². The van der Waals surface area contributed by atoms with Gasteiger partial charge in [0, 0.05) is 48.4 Å². The molecule has 1 aliphatic heterocycles. The number of rotatable bonds is 9. The Hall–Kier alpha value is -4.31. The number of ether oxygens (including phenoxy) is 1. The molecular weight excluding hydrogens is 528 g/mol. The number of morpholine rings is 1. The number of nitriles is 1. The molecule has 2 amide bonds. The van der Waals surface area contributed by atoms with Gasteiger partial charge in [-0.2, -0.15) is 10.4 Å². The smallest absolute Gasteiger partial charge is 0.268 e. The fourth-order valence-corrected chi connectivity index (χ4v) is 5.55. The van der Waals surface area contributed by atoms with Crippen molar-refractivity contribution in [2.75, 3.05) is 38.2 Å². The Morgan fingerprint density at radius 1 is 1.23 bits per heavy atom. The topological polar surface area (TPSA) is 141 Å². The van der Waals surface area contributed by atoms with E-state index in [2.05, 4.69) is 30.7 Å². The lowest BCUT2D eigenvalue weighted by Gasteiger charge is -2.39. The van der Waals surface area contributed by atoms with Gasteiger partial charge in [-0.1, -0.05) is 12.1 Å². The van der Waals surface area contributed by atoms with Crippen LogP contribution < -0.4 is 10.6 Å². The largest absolute Gasteiger partial charge is 0.379 e. The Balaban J connectivity index is 1.28. The molecule has 0 aliphatic carbocycles. The third-order valence-corrected chi connectivity index (χ3v) is 7.94. The molecule has 4 aromatic rings. The number of thiophene rings is 1. The maximum absolute atomic E-state index is 13.1. The number of para-hydroxylation sites is 2. The second-order valence-corrected chi connectivity index (χ2v) is 10.9. The fourth-order valence-electron chi connectivity index (χ4n) is 4.67. The summed E-state index contributed by atoms with van der Waals surface area (Å²) in [7, 11) is 0. The molecule has 1 aromatic carbocycles. The number of anilines is 1. The summed E-state index contributed by atoms with van der Waals surface area (Å²) in [6.07, 6.45) is 5.19. The molecule has 1 saturated heterocycles. The van der Waals surface area contributed by atoms with Crippen LogP contribution in [0.1, 0.15) is 23.5 Å². The van der Waals surface area contributed by atoms with Gasteiger partial charge in [-0.3, -0.25) is 24.9 Å². The lowest BCUT2D eigenvalue weighted by molar-refractivity contribution is -0.117. The van der Waals surface area contributed by atoms with Crippen LogP contribution >= 0.6 is 11.3 Å². The number of H-pyrrole nitrogens is 1. The first-order chi connectivity index (χ1) is 19.4. The van der Waals surface area contributed by atoms with Crippen LogP contribution in [0.15, 0.2) is 60.4 Å². The minimum Gasteiger partial charge on any atom is -0.379 e. The Kier molecular flexibility index (Phi) is 8.06. The maximum Gasteiger partial charge on any atom is 0.268 e. The van der Waals surface area contributed by atoms with Crippen LogP contribution in [0.25, 0.3) is 21.5 Å². The second kappa shape index (κ2) is 11.8. The third kappa shape index (κ3) is 5.96. The average Bonchev–Trinajstić information content (AvgIpc) is 3.73. The van der Waals surface area contributed by atoms with E-state index in [0.29, 0.717) is 30.6 Å². The first-order valence-corrected chi connectivity index (χ1v) is 13.8. The number of hydrogen-bond donors (Lipinski definition) is 3. The number of aromatic amines is 1. The first kappa shape index (κ1) is 27.3. The molecule has 11 nitrogen and oxygen atoms in total. The van der Waals surface area contributed by atoms with Gasteiger partial charge in [-0.05, 0) is 44.2 Å². The van der Waals surface area contributed by atoms with Crippen molar-refractivity contribution in [3.05, 3.63) is 65.3 Å². The highest BCUT2D eigenvalue weighted by atomic mass is 32.1. The van der Waals surface area contributed by atoms with E-state index in [1.54, 1.807) is 24.5 Å². The summed E-state index contributed by atoms with van der Waals surface area (Å²) >= 11 is 1.36. The van der Waals surface area contributed by atoms with E-state index in [-0.39, 0.29) is 18.0 Å². The monoisotopic (exact) mass is 558 g/mol. The summed E-state index contributed by atoms with van der Waals surface area (Å²) in [6.45, 7) is 7.29. The van der Waals surface area contributed by atoms with Gasteiger partial charge in [0.2, 0.25) is 5.95 Å². The molecule has 40 heavy (non-hydrogen) atoms. The number of fused-ring (bicyclic) bond motifs is 1. The van der Waals surface area contributed by atoms with Gasteiger partial charge >= 0.3 is 0 Å². The number of carbonyl (C=O) groups excluding carboxylic acids is 2. The van der Waals surface area contributed by atoms with Crippen molar-refractivity contribution in [3.63, 3.8) is 0 Å². The van der Waals surface area contributed by atoms with Crippen molar-refractivity contribution in [1.82, 2.24) is 30.0 Å². The number of aromatic nitrogens is 4. The first-order valence-electron chi connectivity index (χ1n) is 13.0. The van der Waals surface area contributed by atoms with Crippen LogP contribution in [0.5, 0.6) is 0 Å². The second-order valence-electron chi connectivity index (χ2n) is 9.86. The van der Waals surface area contributed by atoms with E-state index in [4.69, 9.17) is 4.74 Å². The van der Waals surface area contributed by atoms with Gasteiger partial charge in [0.15, 0.2) is 0 Å². The number of nitrogens with one attached hydrogen (secondary N) is 3. The zero-order chi connectivity index (χ0) is 28.1. The Morgan fingerprint density at radius 2 is 2.02 bits per heavy atom. The summed E-state index contributed by atoms with van der Waals surface area (Å²) in [5.41, 5.74) is 2.04. The van der Waals surface area contributed by atoms with Crippen LogP contribution in [-0.4, -0.2) is 74.8 Å². The van der Waals surface area contributed by atoms with Gasteiger partial charge in [-0.15, -0.1) is 11.3 Å². The maximum atomic E-state index is 13.1. The quantitative estimate of drug-likeness (QED) is 0.211. The number of imidazole rings is 1. The molecule has 0 bridgehead atoms. The lowest BCUT2D eigenvalue weighted by atomic mass is 9.98. The molecule has 5 rings (SSSR count). The van der Waals surface area contributed by atoms with Crippen molar-refractivity contribution >= 4 is 40.1 Å². The number of nitrogens with zero attached hydrogens (tertiary/aromatic N) is 5. The van der Waals surface area contributed by atoms with E-state index >= 15 is 0 Å². The van der Waals surface area contributed by atoms with Crippen molar-refractivity contribution in [1.29, 1.82) is 5.26 Å². The standard InChI is InChI=1S/C28H30N8O3S/c1-28(2,35-11-13-39-14-12-35)15-19(16-29)25(37)30-9-10-36-22-6-4-3-5-21(22)33-27(36)34-26(38)24-8-7-23(40-24)20-17-31-32-18-20/h3-8,15,17-18H,9-14H2,1-2H3,(H,30,37)(H,31,32)(H,33,34,38). The van der Waals surface area contributed by atoms with Crippen molar-refractivity contribution in [2.45, 2.75) is 25.9 Å². The molecule has 1 aliphatic rings. The molecule has 0 saturated carbocycles. The van der Waals surface area contributed by atoms with E-state index < -0.39 is 11.4 Å². The zero-order valence-corrected chi connectivity index (χ0v) is 23.1. The highest BCUT2D eigenvalue weighted by molar-refractivity contribution is 7.17. The SMILES string of the molecule is CC(C)(C=C(C#N)C(=O)NCCn1c(NC(=O)c2ccc(-c3cn[nH]c3)s2)nc2ccccc21)N1CCOCC1. The van der Waals surface area contributed by atoms with Gasteiger partial charge in [-0.25, -0.2) is 4.98 Å². The molecule has 4 heterocycles. The van der Waals surface area contributed by atoms with Gasteiger partial charge in [0.05, 0.1) is 35.3 Å².